The number of esters is 1. The molecule has 1 aromatic rings. The molecule has 4 nitrogen and oxygen atoms in total. The summed E-state index contributed by atoms with van der Waals surface area (Å²) in [5.41, 5.74) is 0. The number of hydrogen-bond donors (Lipinski definition) is 1. The lowest BCUT2D eigenvalue weighted by atomic mass is 9.99. The van der Waals surface area contributed by atoms with Crippen molar-refractivity contribution in [1.82, 2.24) is 5.32 Å². The molecule has 0 aliphatic rings. The van der Waals surface area contributed by atoms with Crippen LogP contribution < -0.4 is 5.32 Å². The molecule has 0 amide bonds. The standard InChI is InChI=1S/C14H23NO3/c1-5-10(3)13(14(16)17-4)15-9-12-8-7-11(6-2)18-12/h7-8,10,13,15H,5-6,9H2,1-4H3. The highest BCUT2D eigenvalue weighted by Crippen LogP contribution is 2.12. The van der Waals surface area contributed by atoms with Gasteiger partial charge in [0.25, 0.3) is 0 Å². The third kappa shape index (κ3) is 3.88. The van der Waals surface area contributed by atoms with Crippen molar-refractivity contribution in [3.8, 4) is 0 Å². The minimum atomic E-state index is -0.282. The van der Waals surface area contributed by atoms with E-state index in [0.29, 0.717) is 6.54 Å². The van der Waals surface area contributed by atoms with E-state index in [0.717, 1.165) is 24.4 Å². The first kappa shape index (κ1) is 14.8. The number of hydrogen-bond acceptors (Lipinski definition) is 4. The Kier molecular flexibility index (Phi) is 5.92. The normalized spacial score (nSPS) is 14.2. The lowest BCUT2D eigenvalue weighted by Gasteiger charge is -2.21. The van der Waals surface area contributed by atoms with Crippen molar-refractivity contribution in [2.45, 2.75) is 46.2 Å². The van der Waals surface area contributed by atoms with Gasteiger partial charge in [0.2, 0.25) is 0 Å². The van der Waals surface area contributed by atoms with Crippen LogP contribution in [0.25, 0.3) is 0 Å². The van der Waals surface area contributed by atoms with Gasteiger partial charge in [0.1, 0.15) is 17.6 Å². The van der Waals surface area contributed by atoms with Crippen molar-refractivity contribution in [3.05, 3.63) is 23.7 Å². The molecule has 0 saturated carbocycles. The van der Waals surface area contributed by atoms with Crippen molar-refractivity contribution >= 4 is 5.97 Å². The van der Waals surface area contributed by atoms with Crippen LogP contribution in [0.5, 0.6) is 0 Å². The Morgan fingerprint density at radius 3 is 2.56 bits per heavy atom. The molecular formula is C14H23NO3. The maximum absolute atomic E-state index is 11.7. The summed E-state index contributed by atoms with van der Waals surface area (Å²) >= 11 is 0. The van der Waals surface area contributed by atoms with Crippen LogP contribution >= 0.6 is 0 Å². The molecule has 2 unspecified atom stereocenters. The Balaban J connectivity index is 2.58. The summed E-state index contributed by atoms with van der Waals surface area (Å²) in [5, 5.41) is 3.21. The number of nitrogens with one attached hydrogen (secondary N) is 1. The van der Waals surface area contributed by atoms with Gasteiger partial charge in [-0.2, -0.15) is 0 Å². The Bertz CT molecular complexity index is 373. The number of aryl methyl sites for hydroxylation is 1. The van der Waals surface area contributed by atoms with Crippen molar-refractivity contribution in [3.63, 3.8) is 0 Å². The van der Waals surface area contributed by atoms with Crippen molar-refractivity contribution in [2.75, 3.05) is 7.11 Å². The van der Waals surface area contributed by atoms with Gasteiger partial charge < -0.3 is 9.15 Å². The maximum Gasteiger partial charge on any atom is 0.323 e. The highest BCUT2D eigenvalue weighted by atomic mass is 16.5. The molecule has 0 radical (unpaired) electrons. The molecule has 0 fully saturated rings. The number of methoxy groups -OCH3 is 1. The highest BCUT2D eigenvalue weighted by Gasteiger charge is 2.24. The van der Waals surface area contributed by atoms with E-state index in [1.807, 2.05) is 26.0 Å². The van der Waals surface area contributed by atoms with Crippen LogP contribution in [-0.4, -0.2) is 19.1 Å². The second-order valence-electron chi connectivity index (χ2n) is 4.49. The third-order valence-corrected chi connectivity index (χ3v) is 3.23. The summed E-state index contributed by atoms with van der Waals surface area (Å²) in [6, 6.07) is 3.62. The topological polar surface area (TPSA) is 51.5 Å². The van der Waals surface area contributed by atoms with Gasteiger partial charge >= 0.3 is 5.97 Å². The van der Waals surface area contributed by atoms with Crippen LogP contribution in [-0.2, 0) is 22.5 Å². The summed E-state index contributed by atoms with van der Waals surface area (Å²) in [6.45, 7) is 6.69. The van der Waals surface area contributed by atoms with E-state index in [1.54, 1.807) is 0 Å². The zero-order chi connectivity index (χ0) is 13.5. The Hall–Kier alpha value is -1.29. The molecule has 0 aromatic carbocycles. The Labute approximate surface area is 109 Å². The first-order chi connectivity index (χ1) is 8.62. The first-order valence-corrected chi connectivity index (χ1v) is 6.51. The fraction of sp³-hybridized carbons (Fsp3) is 0.643. The van der Waals surface area contributed by atoms with Gasteiger partial charge in [-0.3, -0.25) is 10.1 Å². The monoisotopic (exact) mass is 253 g/mol. The lowest BCUT2D eigenvalue weighted by Crippen LogP contribution is -2.42. The molecule has 2 atom stereocenters. The van der Waals surface area contributed by atoms with Crippen LogP contribution in [0.2, 0.25) is 0 Å². The molecule has 102 valence electrons. The summed E-state index contributed by atoms with van der Waals surface area (Å²) in [5.74, 6) is 1.83. The van der Waals surface area contributed by atoms with Crippen molar-refractivity contribution < 1.29 is 13.9 Å². The molecule has 1 heterocycles. The zero-order valence-corrected chi connectivity index (χ0v) is 11.7. The lowest BCUT2D eigenvalue weighted by molar-refractivity contribution is -0.144. The number of carbonyl (C=O) groups is 1. The van der Waals surface area contributed by atoms with Crippen LogP contribution in [0.15, 0.2) is 16.5 Å². The predicted octanol–water partition coefficient (Wildman–Crippen LogP) is 2.52. The number of furan rings is 1. The molecule has 1 aromatic heterocycles. The van der Waals surface area contributed by atoms with Gasteiger partial charge in [0, 0.05) is 6.42 Å². The molecule has 18 heavy (non-hydrogen) atoms. The second-order valence-corrected chi connectivity index (χ2v) is 4.49. The Morgan fingerprint density at radius 1 is 1.39 bits per heavy atom. The van der Waals surface area contributed by atoms with Gasteiger partial charge in [0.05, 0.1) is 13.7 Å². The minimum absolute atomic E-state index is 0.216. The van der Waals surface area contributed by atoms with Gasteiger partial charge in [0.15, 0.2) is 0 Å². The highest BCUT2D eigenvalue weighted by molar-refractivity contribution is 5.75. The maximum atomic E-state index is 11.7. The second kappa shape index (κ2) is 7.21. The van der Waals surface area contributed by atoms with Crippen molar-refractivity contribution in [2.24, 2.45) is 5.92 Å². The number of carbonyl (C=O) groups excluding carboxylic acids is 1. The average molecular weight is 253 g/mol. The van der Waals surface area contributed by atoms with E-state index >= 15 is 0 Å². The fourth-order valence-corrected chi connectivity index (χ4v) is 1.80. The summed E-state index contributed by atoms with van der Waals surface area (Å²) in [4.78, 5) is 11.7. The van der Waals surface area contributed by atoms with Gasteiger partial charge in [-0.1, -0.05) is 27.2 Å². The average Bonchev–Trinajstić information content (AvgIpc) is 2.86. The van der Waals surface area contributed by atoms with Crippen LogP contribution in [0.4, 0.5) is 0 Å². The van der Waals surface area contributed by atoms with Gasteiger partial charge in [-0.05, 0) is 18.1 Å². The molecule has 0 saturated heterocycles. The largest absolute Gasteiger partial charge is 0.468 e. The molecule has 0 aliphatic carbocycles. The van der Waals surface area contributed by atoms with Gasteiger partial charge in [-0.25, -0.2) is 0 Å². The van der Waals surface area contributed by atoms with E-state index in [2.05, 4.69) is 12.2 Å². The van der Waals surface area contributed by atoms with E-state index in [4.69, 9.17) is 9.15 Å². The summed E-state index contributed by atoms with van der Waals surface area (Å²) < 4.78 is 10.4. The molecular weight excluding hydrogens is 230 g/mol. The van der Waals surface area contributed by atoms with E-state index in [-0.39, 0.29) is 17.9 Å². The van der Waals surface area contributed by atoms with Gasteiger partial charge in [-0.15, -0.1) is 0 Å². The zero-order valence-electron chi connectivity index (χ0n) is 11.7. The molecule has 1 rings (SSSR count). The van der Waals surface area contributed by atoms with E-state index in [1.165, 1.54) is 7.11 Å². The fourth-order valence-electron chi connectivity index (χ4n) is 1.80. The van der Waals surface area contributed by atoms with Crippen LogP contribution in [0.3, 0.4) is 0 Å². The van der Waals surface area contributed by atoms with Crippen LogP contribution in [0.1, 0.15) is 38.7 Å². The molecule has 4 heteroatoms. The molecule has 0 bridgehead atoms. The smallest absolute Gasteiger partial charge is 0.323 e. The van der Waals surface area contributed by atoms with E-state index < -0.39 is 0 Å². The number of ether oxygens (including phenoxy) is 1. The van der Waals surface area contributed by atoms with Crippen molar-refractivity contribution in [1.29, 1.82) is 0 Å². The predicted molar refractivity (Wildman–Crippen MR) is 70.2 cm³/mol. The number of rotatable bonds is 7. The SMILES string of the molecule is CCc1ccc(CNC(C(=O)OC)C(C)CC)o1. The molecule has 0 aliphatic heterocycles. The summed E-state index contributed by atoms with van der Waals surface area (Å²) in [7, 11) is 1.42. The quantitative estimate of drug-likeness (QED) is 0.759. The third-order valence-electron chi connectivity index (χ3n) is 3.23. The van der Waals surface area contributed by atoms with E-state index in [9.17, 15) is 4.79 Å². The summed E-state index contributed by atoms with van der Waals surface area (Å²) in [6.07, 6.45) is 1.80. The molecule has 1 N–H and O–H groups in total. The molecule has 0 spiro atoms. The first-order valence-electron chi connectivity index (χ1n) is 6.51. The van der Waals surface area contributed by atoms with Crippen LogP contribution in [0, 0.1) is 5.92 Å². The minimum Gasteiger partial charge on any atom is -0.468 e. The Morgan fingerprint density at radius 2 is 2.06 bits per heavy atom.